The van der Waals surface area contributed by atoms with Crippen LogP contribution >= 0.6 is 0 Å². The van der Waals surface area contributed by atoms with E-state index in [1.807, 2.05) is 6.08 Å². The summed E-state index contributed by atoms with van der Waals surface area (Å²) in [5, 5.41) is 9.66. The molecule has 0 bridgehead atoms. The highest BCUT2D eigenvalue weighted by Crippen LogP contribution is 2.47. The van der Waals surface area contributed by atoms with Crippen LogP contribution in [-0.2, 0) is 9.53 Å². The summed E-state index contributed by atoms with van der Waals surface area (Å²) in [6.45, 7) is 8.82. The molecule has 0 spiro atoms. The smallest absolute Gasteiger partial charge is 0.306 e. The summed E-state index contributed by atoms with van der Waals surface area (Å²) in [5.74, 6) is 0.241. The lowest BCUT2D eigenvalue weighted by Gasteiger charge is -2.17. The molecule has 0 radical (unpaired) electrons. The first-order chi connectivity index (χ1) is 8.46. The molecule has 0 aromatic rings. The van der Waals surface area contributed by atoms with Gasteiger partial charge in [0.25, 0.3) is 0 Å². The van der Waals surface area contributed by atoms with E-state index in [-0.39, 0.29) is 23.9 Å². The van der Waals surface area contributed by atoms with Crippen molar-refractivity contribution in [2.24, 2.45) is 17.3 Å². The van der Waals surface area contributed by atoms with Gasteiger partial charge in [0.1, 0.15) is 0 Å². The molecule has 1 heterocycles. The third-order valence-electron chi connectivity index (χ3n) is 4.11. The fourth-order valence-electron chi connectivity index (χ4n) is 3.24. The van der Waals surface area contributed by atoms with E-state index < -0.39 is 0 Å². The van der Waals surface area contributed by atoms with Crippen molar-refractivity contribution in [2.45, 2.75) is 33.1 Å². The highest BCUT2D eigenvalue weighted by atomic mass is 16.5. The first kappa shape index (κ1) is 13.3. The number of aliphatic hydroxyl groups excluding tert-OH is 1. The van der Waals surface area contributed by atoms with Crippen LogP contribution in [0.3, 0.4) is 0 Å². The van der Waals surface area contributed by atoms with E-state index >= 15 is 0 Å². The lowest BCUT2D eigenvalue weighted by atomic mass is 9.88. The Morgan fingerprint density at radius 3 is 2.83 bits per heavy atom. The van der Waals surface area contributed by atoms with Gasteiger partial charge in [-0.3, -0.25) is 4.79 Å². The predicted octanol–water partition coefficient (Wildman–Crippen LogP) is 2.46. The highest BCUT2D eigenvalue weighted by Gasteiger charge is 2.37. The molecule has 1 N–H and O–H groups in total. The van der Waals surface area contributed by atoms with Crippen molar-refractivity contribution in [1.29, 1.82) is 0 Å². The molecule has 0 aromatic carbocycles. The molecule has 1 saturated heterocycles. The van der Waals surface area contributed by atoms with Gasteiger partial charge in [-0.1, -0.05) is 25.5 Å². The fourth-order valence-corrected chi connectivity index (χ4v) is 3.24. The molecular weight excluding hydrogens is 228 g/mol. The van der Waals surface area contributed by atoms with E-state index in [0.29, 0.717) is 18.9 Å². The minimum absolute atomic E-state index is 0.0249. The summed E-state index contributed by atoms with van der Waals surface area (Å²) in [7, 11) is 0. The van der Waals surface area contributed by atoms with E-state index in [2.05, 4.69) is 20.4 Å². The topological polar surface area (TPSA) is 46.5 Å². The van der Waals surface area contributed by atoms with E-state index in [1.54, 1.807) is 0 Å². The van der Waals surface area contributed by atoms with Gasteiger partial charge in [-0.05, 0) is 29.7 Å². The van der Waals surface area contributed by atoms with Crippen LogP contribution in [0, 0.1) is 17.3 Å². The Morgan fingerprint density at radius 2 is 2.33 bits per heavy atom. The third kappa shape index (κ3) is 2.51. The summed E-state index contributed by atoms with van der Waals surface area (Å²) in [6, 6.07) is 0. The monoisotopic (exact) mass is 250 g/mol. The summed E-state index contributed by atoms with van der Waals surface area (Å²) < 4.78 is 5.02. The number of esters is 1. The van der Waals surface area contributed by atoms with E-state index in [0.717, 1.165) is 18.4 Å². The maximum atomic E-state index is 11.2. The summed E-state index contributed by atoms with van der Waals surface area (Å²) >= 11 is 0. The van der Waals surface area contributed by atoms with Crippen molar-refractivity contribution in [1.82, 2.24) is 0 Å². The Balaban J connectivity index is 2.30. The van der Waals surface area contributed by atoms with Gasteiger partial charge in [0.05, 0.1) is 19.6 Å². The second-order valence-electron chi connectivity index (χ2n) is 6.18. The van der Waals surface area contributed by atoms with Gasteiger partial charge in [0.2, 0.25) is 0 Å². The minimum atomic E-state index is -0.154. The van der Waals surface area contributed by atoms with Gasteiger partial charge in [-0.25, -0.2) is 0 Å². The van der Waals surface area contributed by atoms with Crippen LogP contribution in [-0.4, -0.2) is 24.3 Å². The summed E-state index contributed by atoms with van der Waals surface area (Å²) in [5.41, 5.74) is 2.54. The Hall–Kier alpha value is -1.09. The molecule has 3 nitrogen and oxygen atoms in total. The van der Waals surface area contributed by atoms with Crippen LogP contribution in [0.1, 0.15) is 33.1 Å². The Labute approximate surface area is 109 Å². The van der Waals surface area contributed by atoms with Gasteiger partial charge in [-0.2, -0.15) is 0 Å². The van der Waals surface area contributed by atoms with Gasteiger partial charge in [-0.15, -0.1) is 6.58 Å². The first-order valence-electron chi connectivity index (χ1n) is 6.57. The van der Waals surface area contributed by atoms with Crippen molar-refractivity contribution in [3.05, 3.63) is 23.8 Å². The van der Waals surface area contributed by atoms with Crippen LogP contribution in [0.4, 0.5) is 0 Å². The molecule has 0 aromatic heterocycles. The molecular formula is C15H22O3. The number of cyclic esters (lactones) is 1. The quantitative estimate of drug-likeness (QED) is 0.618. The van der Waals surface area contributed by atoms with Gasteiger partial charge in [0.15, 0.2) is 0 Å². The average Bonchev–Trinajstić information content (AvgIpc) is 2.84. The zero-order chi connectivity index (χ0) is 13.3. The zero-order valence-electron chi connectivity index (χ0n) is 11.2. The van der Waals surface area contributed by atoms with Gasteiger partial charge >= 0.3 is 5.97 Å². The molecule has 2 fully saturated rings. The molecule has 0 amide bonds. The number of aliphatic hydroxyl groups is 1. The standard InChI is InChI=1S/C15H22O3/c1-4-10-6-15(2,3)7-12(10)13(8-16)11-5-14(17)18-9-11/h4,10-11,16H,1,5-9H2,2-3H3/b13-12-/t10-,11-/m1/s1. The number of rotatable bonds is 3. The van der Waals surface area contributed by atoms with Gasteiger partial charge < -0.3 is 9.84 Å². The van der Waals surface area contributed by atoms with E-state index in [4.69, 9.17) is 4.74 Å². The van der Waals surface area contributed by atoms with Crippen LogP contribution in [0.5, 0.6) is 0 Å². The minimum Gasteiger partial charge on any atom is -0.465 e. The molecule has 2 aliphatic rings. The molecule has 100 valence electrons. The van der Waals surface area contributed by atoms with Crippen molar-refractivity contribution < 1.29 is 14.6 Å². The number of allylic oxidation sites excluding steroid dienone is 2. The first-order valence-corrected chi connectivity index (χ1v) is 6.57. The molecule has 3 heteroatoms. The third-order valence-corrected chi connectivity index (χ3v) is 4.11. The van der Waals surface area contributed by atoms with E-state index in [1.165, 1.54) is 5.57 Å². The average molecular weight is 250 g/mol. The molecule has 1 saturated carbocycles. The molecule has 2 atom stereocenters. The Morgan fingerprint density at radius 1 is 1.61 bits per heavy atom. The normalized spacial score (nSPS) is 33.4. The number of ether oxygens (including phenoxy) is 1. The number of hydrogen-bond donors (Lipinski definition) is 1. The lowest BCUT2D eigenvalue weighted by molar-refractivity contribution is -0.137. The summed E-state index contributed by atoms with van der Waals surface area (Å²) in [6.07, 6.45) is 4.42. The van der Waals surface area contributed by atoms with Crippen molar-refractivity contribution in [3.8, 4) is 0 Å². The SMILES string of the molecule is C=C[C@@H]1CC(C)(C)C/C1=C(\CO)[C@H]1COC(=O)C1. The fraction of sp³-hybridized carbons (Fsp3) is 0.667. The maximum absolute atomic E-state index is 11.2. The predicted molar refractivity (Wildman–Crippen MR) is 69.9 cm³/mol. The second-order valence-corrected chi connectivity index (χ2v) is 6.18. The Kier molecular flexibility index (Phi) is 3.62. The lowest BCUT2D eigenvalue weighted by Crippen LogP contribution is -2.12. The van der Waals surface area contributed by atoms with Crippen LogP contribution in [0.15, 0.2) is 23.8 Å². The number of carbonyl (C=O) groups is 1. The molecule has 18 heavy (non-hydrogen) atoms. The highest BCUT2D eigenvalue weighted by molar-refractivity contribution is 5.72. The van der Waals surface area contributed by atoms with Crippen molar-refractivity contribution in [3.63, 3.8) is 0 Å². The zero-order valence-corrected chi connectivity index (χ0v) is 11.2. The van der Waals surface area contributed by atoms with Crippen molar-refractivity contribution >= 4 is 5.97 Å². The van der Waals surface area contributed by atoms with E-state index in [9.17, 15) is 9.90 Å². The van der Waals surface area contributed by atoms with Crippen LogP contribution in [0.25, 0.3) is 0 Å². The number of carbonyl (C=O) groups excluding carboxylic acids is 1. The molecule has 2 rings (SSSR count). The second kappa shape index (κ2) is 4.88. The van der Waals surface area contributed by atoms with Crippen molar-refractivity contribution in [2.75, 3.05) is 13.2 Å². The van der Waals surface area contributed by atoms with Gasteiger partial charge in [0, 0.05) is 5.92 Å². The molecule has 1 aliphatic heterocycles. The largest absolute Gasteiger partial charge is 0.465 e. The summed E-state index contributed by atoms with van der Waals surface area (Å²) in [4.78, 5) is 11.2. The Bertz CT molecular complexity index is 393. The van der Waals surface area contributed by atoms with Crippen LogP contribution < -0.4 is 0 Å². The van der Waals surface area contributed by atoms with Crippen LogP contribution in [0.2, 0.25) is 0 Å². The number of hydrogen-bond acceptors (Lipinski definition) is 3. The molecule has 0 unspecified atom stereocenters. The maximum Gasteiger partial charge on any atom is 0.306 e. The molecule has 1 aliphatic carbocycles.